The molecule has 0 saturated heterocycles. The van der Waals surface area contributed by atoms with Crippen molar-refractivity contribution in [3.05, 3.63) is 12.2 Å². The minimum atomic E-state index is -1.18. The molecule has 1 aliphatic rings. The van der Waals surface area contributed by atoms with Crippen LogP contribution in [0.2, 0.25) is 0 Å². The fraction of sp³-hybridized carbons (Fsp3) is 0.765. The number of rotatable bonds is 5. The largest absolute Gasteiger partial charge is 0.465 e. The molecule has 0 aromatic heterocycles. The zero-order valence-corrected chi connectivity index (χ0v) is 14.0. The van der Waals surface area contributed by atoms with Crippen LogP contribution in [0.4, 0.5) is 0 Å². The van der Waals surface area contributed by atoms with Crippen LogP contribution in [-0.4, -0.2) is 25.2 Å². The average Bonchev–Trinajstić information content (AvgIpc) is 2.38. The Bertz CT molecular complexity index is 405. The van der Waals surface area contributed by atoms with Crippen LogP contribution in [0.5, 0.6) is 0 Å². The van der Waals surface area contributed by atoms with Crippen molar-refractivity contribution in [2.24, 2.45) is 16.7 Å². The molecule has 0 amide bonds. The van der Waals surface area contributed by atoms with Gasteiger partial charge in [0, 0.05) is 0 Å². The second kappa shape index (κ2) is 6.63. The van der Waals surface area contributed by atoms with Gasteiger partial charge in [-0.2, -0.15) is 0 Å². The van der Waals surface area contributed by atoms with Crippen molar-refractivity contribution >= 4 is 11.9 Å². The molecule has 0 aromatic rings. The minimum Gasteiger partial charge on any atom is -0.465 e. The van der Waals surface area contributed by atoms with E-state index in [1.807, 2.05) is 6.92 Å². The third-order valence-electron chi connectivity index (χ3n) is 4.62. The summed E-state index contributed by atoms with van der Waals surface area (Å²) in [6.07, 6.45) is 1.66. The van der Waals surface area contributed by atoms with E-state index in [4.69, 9.17) is 9.47 Å². The van der Waals surface area contributed by atoms with Gasteiger partial charge in [0.2, 0.25) is 0 Å². The van der Waals surface area contributed by atoms with Crippen LogP contribution in [0.3, 0.4) is 0 Å². The highest BCUT2D eigenvalue weighted by atomic mass is 16.6. The first kappa shape index (κ1) is 17.7. The zero-order valence-electron chi connectivity index (χ0n) is 14.0. The van der Waals surface area contributed by atoms with Crippen molar-refractivity contribution in [1.29, 1.82) is 0 Å². The lowest BCUT2D eigenvalue weighted by Gasteiger charge is -2.46. The van der Waals surface area contributed by atoms with E-state index in [0.717, 1.165) is 12.0 Å². The maximum atomic E-state index is 12.5. The maximum absolute atomic E-state index is 12.5. The molecule has 120 valence electrons. The molecule has 0 bridgehead atoms. The number of hydrogen-bond donors (Lipinski definition) is 0. The van der Waals surface area contributed by atoms with Gasteiger partial charge in [0.1, 0.15) is 0 Å². The lowest BCUT2D eigenvalue weighted by molar-refractivity contribution is -0.178. The van der Waals surface area contributed by atoms with E-state index in [1.165, 1.54) is 0 Å². The van der Waals surface area contributed by atoms with Crippen molar-refractivity contribution in [2.75, 3.05) is 13.2 Å². The van der Waals surface area contributed by atoms with Crippen LogP contribution in [0.1, 0.15) is 53.9 Å². The standard InChI is InChI=1S/C17H28O4/c1-7-20-14(18)17(15(19)21-8-2)10-9-16(5,6)13(11-17)12(3)4/h13H,3,7-11H2,1-2,4-6H3/t13-/m0/s1. The number of allylic oxidation sites excluding steroid dienone is 1. The molecule has 0 aliphatic heterocycles. The summed E-state index contributed by atoms with van der Waals surface area (Å²) in [4.78, 5) is 24.9. The summed E-state index contributed by atoms with van der Waals surface area (Å²) in [6, 6.07) is 0. The van der Waals surface area contributed by atoms with Crippen molar-refractivity contribution in [2.45, 2.75) is 53.9 Å². The van der Waals surface area contributed by atoms with E-state index in [1.54, 1.807) is 13.8 Å². The predicted molar refractivity (Wildman–Crippen MR) is 81.6 cm³/mol. The maximum Gasteiger partial charge on any atom is 0.323 e. The highest BCUT2D eigenvalue weighted by Gasteiger charge is 2.55. The quantitative estimate of drug-likeness (QED) is 0.442. The minimum absolute atomic E-state index is 0.0221. The van der Waals surface area contributed by atoms with Gasteiger partial charge in [-0.05, 0) is 51.4 Å². The van der Waals surface area contributed by atoms with Crippen molar-refractivity contribution in [3.8, 4) is 0 Å². The lowest BCUT2D eigenvalue weighted by Crippen LogP contribution is -2.49. The van der Waals surface area contributed by atoms with Crippen LogP contribution in [0.15, 0.2) is 12.2 Å². The molecule has 1 saturated carbocycles. The van der Waals surface area contributed by atoms with Crippen LogP contribution in [0.25, 0.3) is 0 Å². The second-order valence-electron chi connectivity index (χ2n) is 6.61. The van der Waals surface area contributed by atoms with Gasteiger partial charge in [-0.3, -0.25) is 9.59 Å². The summed E-state index contributed by atoms with van der Waals surface area (Å²) in [5.41, 5.74) is -0.155. The van der Waals surface area contributed by atoms with Gasteiger partial charge in [-0.1, -0.05) is 26.0 Å². The summed E-state index contributed by atoms with van der Waals surface area (Å²) in [7, 11) is 0. The summed E-state index contributed by atoms with van der Waals surface area (Å²) in [6.45, 7) is 14.4. The van der Waals surface area contributed by atoms with Crippen molar-refractivity contribution < 1.29 is 19.1 Å². The molecule has 4 heteroatoms. The Labute approximate surface area is 127 Å². The molecule has 1 rings (SSSR count). The molecule has 0 radical (unpaired) electrons. The van der Waals surface area contributed by atoms with Crippen LogP contribution >= 0.6 is 0 Å². The Balaban J connectivity index is 3.17. The summed E-state index contributed by atoms with van der Waals surface area (Å²) in [5.74, 6) is -0.810. The second-order valence-corrected chi connectivity index (χ2v) is 6.61. The monoisotopic (exact) mass is 296 g/mol. The Morgan fingerprint density at radius 3 is 1.95 bits per heavy atom. The normalized spacial score (nSPS) is 23.2. The summed E-state index contributed by atoms with van der Waals surface area (Å²) < 4.78 is 10.4. The predicted octanol–water partition coefficient (Wildman–Crippen LogP) is 3.50. The van der Waals surface area contributed by atoms with Gasteiger partial charge in [-0.15, -0.1) is 0 Å². The van der Waals surface area contributed by atoms with Gasteiger partial charge >= 0.3 is 11.9 Å². The van der Waals surface area contributed by atoms with Crippen LogP contribution < -0.4 is 0 Å². The van der Waals surface area contributed by atoms with Crippen molar-refractivity contribution in [1.82, 2.24) is 0 Å². The fourth-order valence-corrected chi connectivity index (χ4v) is 3.27. The molecule has 0 unspecified atom stereocenters. The summed E-state index contributed by atoms with van der Waals surface area (Å²) >= 11 is 0. The molecule has 0 N–H and O–H groups in total. The average molecular weight is 296 g/mol. The number of carbonyl (C=O) groups excluding carboxylic acids is 2. The van der Waals surface area contributed by atoms with Crippen molar-refractivity contribution in [3.63, 3.8) is 0 Å². The number of carbonyl (C=O) groups is 2. The molecule has 1 fully saturated rings. The molecule has 1 atom stereocenters. The van der Waals surface area contributed by atoms with E-state index in [0.29, 0.717) is 12.8 Å². The zero-order chi connectivity index (χ0) is 16.3. The highest BCUT2D eigenvalue weighted by Crippen LogP contribution is 2.52. The Morgan fingerprint density at radius 2 is 1.57 bits per heavy atom. The van der Waals surface area contributed by atoms with Crippen LogP contribution in [-0.2, 0) is 19.1 Å². The molecule has 21 heavy (non-hydrogen) atoms. The van der Waals surface area contributed by atoms with E-state index in [2.05, 4.69) is 20.4 Å². The van der Waals surface area contributed by atoms with Gasteiger partial charge in [-0.25, -0.2) is 0 Å². The lowest BCUT2D eigenvalue weighted by atomic mass is 9.57. The molecular weight excluding hydrogens is 268 g/mol. The third-order valence-corrected chi connectivity index (χ3v) is 4.62. The molecule has 4 nitrogen and oxygen atoms in total. The first-order valence-corrected chi connectivity index (χ1v) is 7.71. The molecule has 0 spiro atoms. The van der Waals surface area contributed by atoms with Gasteiger partial charge in [0.25, 0.3) is 0 Å². The first-order valence-electron chi connectivity index (χ1n) is 7.71. The number of hydrogen-bond acceptors (Lipinski definition) is 4. The number of esters is 2. The highest BCUT2D eigenvalue weighted by molar-refractivity contribution is 6.00. The third kappa shape index (κ3) is 3.47. The van der Waals surface area contributed by atoms with E-state index in [9.17, 15) is 9.59 Å². The fourth-order valence-electron chi connectivity index (χ4n) is 3.27. The SMILES string of the molecule is C=C(C)[C@@H]1CC(C(=O)OCC)(C(=O)OCC)CCC1(C)C. The Hall–Kier alpha value is -1.32. The van der Waals surface area contributed by atoms with E-state index >= 15 is 0 Å². The van der Waals surface area contributed by atoms with Gasteiger partial charge in [0.05, 0.1) is 13.2 Å². The summed E-state index contributed by atoms with van der Waals surface area (Å²) in [5, 5.41) is 0. The smallest absolute Gasteiger partial charge is 0.323 e. The Kier molecular flexibility index (Phi) is 5.60. The van der Waals surface area contributed by atoms with Crippen LogP contribution in [0, 0.1) is 16.7 Å². The molecule has 1 aliphatic carbocycles. The topological polar surface area (TPSA) is 52.6 Å². The van der Waals surface area contributed by atoms with E-state index < -0.39 is 17.4 Å². The Morgan fingerprint density at radius 1 is 1.10 bits per heavy atom. The first-order chi connectivity index (χ1) is 9.71. The molecule has 0 aromatic carbocycles. The van der Waals surface area contributed by atoms with Gasteiger partial charge < -0.3 is 9.47 Å². The van der Waals surface area contributed by atoms with E-state index in [-0.39, 0.29) is 24.5 Å². The van der Waals surface area contributed by atoms with Gasteiger partial charge in [0.15, 0.2) is 5.41 Å². The molecule has 0 heterocycles. The molecular formula is C17H28O4. The number of ether oxygens (including phenoxy) is 2.